The highest BCUT2D eigenvalue weighted by Crippen LogP contribution is 2.34. The highest BCUT2D eigenvalue weighted by molar-refractivity contribution is 5.57. The molecule has 0 unspecified atom stereocenters. The molecule has 19 nitrogen and oxygen atoms in total. The van der Waals surface area contributed by atoms with Gasteiger partial charge in [0.1, 0.15) is 67.1 Å². The van der Waals surface area contributed by atoms with Crippen LogP contribution >= 0.6 is 0 Å². The van der Waals surface area contributed by atoms with E-state index in [0.717, 1.165) is 0 Å². The first kappa shape index (κ1) is 33.8. The molecule has 3 aliphatic heterocycles. The van der Waals surface area contributed by atoms with E-state index in [-0.39, 0.29) is 19.3 Å². The molecule has 3 heterocycles. The molecule has 244 valence electrons. The first-order chi connectivity index (χ1) is 19.8. The quantitative estimate of drug-likeness (QED) is 0.107. The van der Waals surface area contributed by atoms with Gasteiger partial charge in [-0.2, -0.15) is 0 Å². The van der Waals surface area contributed by atoms with Crippen LogP contribution in [-0.4, -0.2) is 171 Å². The topological polar surface area (TPSA) is 344 Å². The minimum absolute atomic E-state index is 0.0706. The maximum atomic E-state index is 11.3. The molecule has 0 aromatic rings. The van der Waals surface area contributed by atoms with Crippen LogP contribution in [0.4, 0.5) is 0 Å². The van der Waals surface area contributed by atoms with Crippen molar-refractivity contribution in [3.63, 3.8) is 0 Å². The molecular formula is C23H43N5O14. The van der Waals surface area contributed by atoms with Gasteiger partial charge >= 0.3 is 0 Å². The van der Waals surface area contributed by atoms with Crippen molar-refractivity contribution in [1.29, 1.82) is 0 Å². The van der Waals surface area contributed by atoms with Gasteiger partial charge in [0.2, 0.25) is 0 Å². The fourth-order valence-electron chi connectivity index (χ4n) is 5.62. The summed E-state index contributed by atoms with van der Waals surface area (Å²) in [5.74, 6) is 0. The van der Waals surface area contributed by atoms with Crippen LogP contribution in [0.5, 0.6) is 0 Å². The predicted molar refractivity (Wildman–Crippen MR) is 135 cm³/mol. The lowest BCUT2D eigenvalue weighted by molar-refractivity contribution is -0.306. The van der Waals surface area contributed by atoms with Gasteiger partial charge in [-0.1, -0.05) is 0 Å². The van der Waals surface area contributed by atoms with E-state index < -0.39 is 123 Å². The third-order valence-corrected chi connectivity index (χ3v) is 8.21. The minimum Gasteiger partial charge on any atom is -0.394 e. The van der Waals surface area contributed by atoms with Crippen LogP contribution in [0.1, 0.15) is 6.42 Å². The van der Waals surface area contributed by atoms with Crippen LogP contribution < -0.4 is 28.7 Å². The van der Waals surface area contributed by atoms with Crippen molar-refractivity contribution >= 4 is 6.29 Å². The van der Waals surface area contributed by atoms with Gasteiger partial charge in [0.15, 0.2) is 25.2 Å². The Bertz CT molecular complexity index is 896. The van der Waals surface area contributed by atoms with Gasteiger partial charge < -0.3 is 97.6 Å². The molecule has 0 spiro atoms. The number of nitrogens with two attached hydrogens (primary N) is 5. The van der Waals surface area contributed by atoms with Gasteiger partial charge in [-0.15, -0.1) is 0 Å². The highest BCUT2D eigenvalue weighted by atomic mass is 16.8. The number of aldehydes is 1. The van der Waals surface area contributed by atoms with Crippen molar-refractivity contribution in [1.82, 2.24) is 0 Å². The summed E-state index contributed by atoms with van der Waals surface area (Å²) < 4.78 is 34.2. The molecule has 0 amide bonds. The summed E-state index contributed by atoms with van der Waals surface area (Å²) in [6.07, 6.45) is -20.9. The molecule has 17 N–H and O–H groups in total. The molecule has 0 bridgehead atoms. The van der Waals surface area contributed by atoms with Crippen LogP contribution in [0, 0.1) is 0 Å². The standard InChI is InChI=1S/C23H43N5O14/c24-2-7-13(32)15(34)10(27)21(37-7)40-18-6(26)1-5(25)12(31)20(18)42-23-17(36)19(9(4-30)39-23)41-22-11(28)16(35)14(33)8(3-29)38-22/h3,5-23,30-36H,1-2,4,24-28H2/t5-,6+,7-,8-,9-,10-,11-,12+,13-,14-,15-,16-,17-,18-,19-,20-,21-,22-,23+/m1/s1. The van der Waals surface area contributed by atoms with Crippen LogP contribution in [0.2, 0.25) is 0 Å². The summed E-state index contributed by atoms with van der Waals surface area (Å²) >= 11 is 0. The Balaban J connectivity index is 1.50. The van der Waals surface area contributed by atoms with Crippen LogP contribution in [-0.2, 0) is 33.2 Å². The van der Waals surface area contributed by atoms with E-state index >= 15 is 0 Å². The van der Waals surface area contributed by atoms with E-state index in [9.17, 15) is 40.5 Å². The summed E-state index contributed by atoms with van der Waals surface area (Å²) in [5, 5.41) is 72.6. The van der Waals surface area contributed by atoms with Crippen molar-refractivity contribution < 1.29 is 69.0 Å². The second-order valence-electron chi connectivity index (χ2n) is 11.1. The van der Waals surface area contributed by atoms with Gasteiger partial charge in [-0.05, 0) is 6.42 Å². The Morgan fingerprint density at radius 1 is 0.643 bits per heavy atom. The SMILES string of the molecule is NC[C@H]1O[C@H](O[C@H]2[C@H](O[C@@H]3O[C@H](CO)[C@@H](O[C@H]4O[C@H](C=O)[C@@H](O)[C@H](O)[C@H]4N)[C@H]3O)[C@@H](O)[C@H](N)C[C@@H]2N)[C@H](N)[C@@H](O)[C@@H]1O. The summed E-state index contributed by atoms with van der Waals surface area (Å²) in [6.45, 7) is -0.859. The van der Waals surface area contributed by atoms with E-state index in [1.54, 1.807) is 0 Å². The molecule has 19 heteroatoms. The normalized spacial score (nSPS) is 53.7. The molecule has 4 aliphatic rings. The Morgan fingerprint density at radius 3 is 1.79 bits per heavy atom. The number of carbonyl (C=O) groups excluding carboxylic acids is 1. The molecule has 3 saturated heterocycles. The van der Waals surface area contributed by atoms with Crippen LogP contribution in [0.3, 0.4) is 0 Å². The number of hydrogen-bond acceptors (Lipinski definition) is 19. The van der Waals surface area contributed by atoms with E-state index in [1.165, 1.54) is 0 Å². The van der Waals surface area contributed by atoms with Crippen molar-refractivity contribution in [3.8, 4) is 0 Å². The minimum atomic E-state index is -1.66. The average molecular weight is 614 g/mol. The monoisotopic (exact) mass is 613 g/mol. The number of aliphatic hydroxyl groups excluding tert-OH is 7. The molecule has 1 saturated carbocycles. The van der Waals surface area contributed by atoms with E-state index in [2.05, 4.69) is 0 Å². The van der Waals surface area contributed by atoms with Crippen LogP contribution in [0.25, 0.3) is 0 Å². The zero-order valence-corrected chi connectivity index (χ0v) is 22.5. The lowest BCUT2D eigenvalue weighted by Gasteiger charge is -2.47. The molecule has 0 aromatic carbocycles. The molecule has 19 atom stereocenters. The summed E-state index contributed by atoms with van der Waals surface area (Å²) in [4.78, 5) is 11.3. The van der Waals surface area contributed by atoms with Crippen LogP contribution in [0.15, 0.2) is 0 Å². The van der Waals surface area contributed by atoms with E-state index in [0.29, 0.717) is 0 Å². The smallest absolute Gasteiger partial charge is 0.187 e. The largest absolute Gasteiger partial charge is 0.394 e. The van der Waals surface area contributed by atoms with Crippen molar-refractivity contribution in [2.24, 2.45) is 28.7 Å². The lowest BCUT2D eigenvalue weighted by Crippen LogP contribution is -2.68. The summed E-state index contributed by atoms with van der Waals surface area (Å²) in [6, 6.07) is -4.35. The molecule has 42 heavy (non-hydrogen) atoms. The zero-order valence-electron chi connectivity index (χ0n) is 22.5. The second kappa shape index (κ2) is 13.9. The maximum absolute atomic E-state index is 11.3. The third kappa shape index (κ3) is 6.49. The van der Waals surface area contributed by atoms with Crippen molar-refractivity contribution in [2.45, 2.75) is 123 Å². The molecule has 4 fully saturated rings. The Hall–Kier alpha value is -1.05. The maximum Gasteiger partial charge on any atom is 0.187 e. The molecular weight excluding hydrogens is 570 g/mol. The van der Waals surface area contributed by atoms with E-state index in [4.69, 9.17) is 57.1 Å². The van der Waals surface area contributed by atoms with Crippen molar-refractivity contribution in [3.05, 3.63) is 0 Å². The predicted octanol–water partition coefficient (Wildman–Crippen LogP) is -8.66. The fourth-order valence-corrected chi connectivity index (χ4v) is 5.62. The van der Waals surface area contributed by atoms with Gasteiger partial charge in [0.05, 0.1) is 24.8 Å². The van der Waals surface area contributed by atoms with Gasteiger partial charge in [-0.25, -0.2) is 0 Å². The number of aliphatic hydroxyl groups is 7. The molecule has 0 aromatic heterocycles. The summed E-state index contributed by atoms with van der Waals surface area (Å²) in [7, 11) is 0. The third-order valence-electron chi connectivity index (χ3n) is 8.21. The Labute approximate surface area is 240 Å². The van der Waals surface area contributed by atoms with Crippen molar-refractivity contribution in [2.75, 3.05) is 13.2 Å². The molecule has 0 radical (unpaired) electrons. The first-order valence-electron chi connectivity index (χ1n) is 13.6. The summed E-state index contributed by atoms with van der Waals surface area (Å²) in [5.41, 5.74) is 29.9. The number of carbonyl (C=O) groups is 1. The average Bonchev–Trinajstić information content (AvgIpc) is 3.27. The lowest BCUT2D eigenvalue weighted by atomic mass is 9.84. The Kier molecular flexibility index (Phi) is 11.2. The number of rotatable bonds is 9. The van der Waals surface area contributed by atoms with Gasteiger partial charge in [-0.3, -0.25) is 0 Å². The molecule has 1 aliphatic carbocycles. The first-order valence-corrected chi connectivity index (χ1v) is 13.6. The Morgan fingerprint density at radius 2 is 1.19 bits per heavy atom. The zero-order chi connectivity index (χ0) is 31.0. The second-order valence-corrected chi connectivity index (χ2v) is 11.1. The fraction of sp³-hybridized carbons (Fsp3) is 0.957. The van der Waals surface area contributed by atoms with E-state index in [1.807, 2.05) is 0 Å². The molecule has 4 rings (SSSR count). The highest BCUT2D eigenvalue weighted by Gasteiger charge is 2.54. The number of ether oxygens (including phenoxy) is 6. The van der Waals surface area contributed by atoms with Gasteiger partial charge in [0.25, 0.3) is 0 Å². The van der Waals surface area contributed by atoms with Gasteiger partial charge in [0, 0.05) is 18.6 Å². The number of hydrogen-bond donors (Lipinski definition) is 12.